The molecular weight excluding hydrogens is 416 g/mol. The second-order valence-electron chi connectivity index (χ2n) is 6.73. The Labute approximate surface area is 172 Å². The first-order valence-corrected chi connectivity index (χ1v) is 8.89. The topological polar surface area (TPSA) is 92.0 Å². The Kier molecular flexibility index (Phi) is 4.81. The molecule has 1 aromatic heterocycles. The normalized spacial score (nSPS) is 12.5. The highest BCUT2D eigenvalue weighted by molar-refractivity contribution is 6.10. The predicted molar refractivity (Wildman–Crippen MR) is 106 cm³/mol. The fraction of sp³-hybridized carbons (Fsp3) is 0.0455. The average molecular weight is 430 g/mol. The van der Waals surface area contributed by atoms with Gasteiger partial charge >= 0.3 is 6.18 Å². The van der Waals surface area contributed by atoms with E-state index in [1.807, 2.05) is 0 Å². The molecule has 0 saturated carbocycles. The van der Waals surface area contributed by atoms with Crippen molar-refractivity contribution < 1.29 is 32.3 Å². The lowest BCUT2D eigenvalue weighted by molar-refractivity contribution is -0.137. The van der Waals surface area contributed by atoms with Gasteiger partial charge in [0.05, 0.1) is 17.2 Å². The molecule has 158 valence electrons. The zero-order valence-corrected chi connectivity index (χ0v) is 15.6. The SMILES string of the molecule is N/C(=N\O)c1cc(C(F)(F)F)cc(-c2ccc(O)cc2)c1-c1ccc(F)c2ccoc12. The zero-order valence-electron chi connectivity index (χ0n) is 15.6. The molecule has 4 N–H and O–H groups in total. The summed E-state index contributed by atoms with van der Waals surface area (Å²) in [5.74, 6) is -1.22. The number of nitrogens with two attached hydrogens (primary N) is 1. The summed E-state index contributed by atoms with van der Waals surface area (Å²) >= 11 is 0. The van der Waals surface area contributed by atoms with Crippen molar-refractivity contribution in [2.24, 2.45) is 10.9 Å². The highest BCUT2D eigenvalue weighted by atomic mass is 19.4. The summed E-state index contributed by atoms with van der Waals surface area (Å²) < 4.78 is 60.5. The van der Waals surface area contributed by atoms with Crippen molar-refractivity contribution in [3.05, 3.63) is 77.8 Å². The van der Waals surface area contributed by atoms with Gasteiger partial charge in [-0.2, -0.15) is 13.2 Å². The molecule has 4 aromatic rings. The maximum Gasteiger partial charge on any atom is 0.416 e. The van der Waals surface area contributed by atoms with Gasteiger partial charge in [0.2, 0.25) is 0 Å². The number of phenolic OH excluding ortho intramolecular Hbond substituents is 1. The molecule has 0 fully saturated rings. The Bertz CT molecular complexity index is 1310. The number of phenols is 1. The van der Waals surface area contributed by atoms with Gasteiger partial charge in [-0.05, 0) is 53.6 Å². The molecule has 0 aliphatic heterocycles. The number of hydrogen-bond acceptors (Lipinski definition) is 4. The summed E-state index contributed by atoms with van der Waals surface area (Å²) in [6.07, 6.45) is -3.47. The highest BCUT2D eigenvalue weighted by Gasteiger charge is 2.33. The van der Waals surface area contributed by atoms with E-state index in [4.69, 9.17) is 10.2 Å². The predicted octanol–water partition coefficient (Wildman–Crippen LogP) is 5.72. The number of amidine groups is 1. The quantitative estimate of drug-likeness (QED) is 0.127. The number of furan rings is 1. The van der Waals surface area contributed by atoms with Gasteiger partial charge in [0.25, 0.3) is 0 Å². The van der Waals surface area contributed by atoms with Gasteiger partial charge in [0, 0.05) is 16.7 Å². The lowest BCUT2D eigenvalue weighted by Crippen LogP contribution is -2.17. The van der Waals surface area contributed by atoms with E-state index >= 15 is 0 Å². The lowest BCUT2D eigenvalue weighted by Gasteiger charge is -2.19. The van der Waals surface area contributed by atoms with E-state index in [2.05, 4.69) is 5.16 Å². The third-order valence-corrected chi connectivity index (χ3v) is 4.86. The molecule has 31 heavy (non-hydrogen) atoms. The Morgan fingerprint density at radius 1 is 0.968 bits per heavy atom. The van der Waals surface area contributed by atoms with Gasteiger partial charge in [-0.25, -0.2) is 4.39 Å². The molecule has 0 amide bonds. The largest absolute Gasteiger partial charge is 0.508 e. The molecular formula is C22H14F4N2O3. The smallest absolute Gasteiger partial charge is 0.416 e. The van der Waals surface area contributed by atoms with E-state index in [0.717, 1.165) is 18.2 Å². The summed E-state index contributed by atoms with van der Waals surface area (Å²) in [7, 11) is 0. The molecule has 5 nitrogen and oxygen atoms in total. The molecule has 0 radical (unpaired) electrons. The minimum atomic E-state index is -4.72. The number of benzene rings is 3. The molecule has 3 aromatic carbocycles. The number of rotatable bonds is 3. The van der Waals surface area contributed by atoms with Crippen molar-refractivity contribution in [2.45, 2.75) is 6.18 Å². The minimum absolute atomic E-state index is 0.0701. The van der Waals surface area contributed by atoms with Crippen molar-refractivity contribution in [2.75, 3.05) is 0 Å². The molecule has 1 heterocycles. The summed E-state index contributed by atoms with van der Waals surface area (Å²) in [6, 6.07) is 11.0. The van der Waals surface area contributed by atoms with E-state index in [-0.39, 0.29) is 39.0 Å². The molecule has 0 aliphatic carbocycles. The second kappa shape index (κ2) is 7.35. The molecule has 9 heteroatoms. The van der Waals surface area contributed by atoms with Gasteiger partial charge in [0.15, 0.2) is 5.84 Å². The number of nitrogens with zero attached hydrogens (tertiary/aromatic N) is 1. The number of halogens is 4. The molecule has 0 saturated heterocycles. The van der Waals surface area contributed by atoms with Crippen LogP contribution in [0.5, 0.6) is 5.75 Å². The third-order valence-electron chi connectivity index (χ3n) is 4.86. The first-order chi connectivity index (χ1) is 14.7. The number of aromatic hydroxyl groups is 1. The third kappa shape index (κ3) is 3.54. The summed E-state index contributed by atoms with van der Waals surface area (Å²) in [5, 5.41) is 21.8. The van der Waals surface area contributed by atoms with Crippen molar-refractivity contribution in [3.8, 4) is 28.0 Å². The van der Waals surface area contributed by atoms with E-state index in [9.17, 15) is 27.9 Å². The van der Waals surface area contributed by atoms with Gasteiger partial charge in [-0.3, -0.25) is 0 Å². The molecule has 0 atom stereocenters. The molecule has 0 unspecified atom stereocenters. The number of fused-ring (bicyclic) bond motifs is 1. The number of alkyl halides is 3. The van der Waals surface area contributed by atoms with Crippen LogP contribution in [0.25, 0.3) is 33.2 Å². The van der Waals surface area contributed by atoms with Crippen molar-refractivity contribution in [1.82, 2.24) is 0 Å². The number of hydrogen-bond donors (Lipinski definition) is 3. The Morgan fingerprint density at radius 2 is 1.68 bits per heavy atom. The van der Waals surface area contributed by atoms with E-state index in [1.165, 1.54) is 42.7 Å². The van der Waals surface area contributed by atoms with E-state index < -0.39 is 23.4 Å². The first kappa shape index (κ1) is 20.3. The van der Waals surface area contributed by atoms with Crippen molar-refractivity contribution >= 4 is 16.8 Å². The highest BCUT2D eigenvalue weighted by Crippen LogP contribution is 2.43. The second-order valence-corrected chi connectivity index (χ2v) is 6.73. The van der Waals surface area contributed by atoms with Crippen LogP contribution in [0, 0.1) is 5.82 Å². The van der Waals surface area contributed by atoms with Crippen LogP contribution in [0.1, 0.15) is 11.1 Å². The maximum absolute atomic E-state index is 14.2. The maximum atomic E-state index is 14.2. The Morgan fingerprint density at radius 3 is 2.32 bits per heavy atom. The van der Waals surface area contributed by atoms with Crippen LogP contribution >= 0.6 is 0 Å². The molecule has 0 spiro atoms. The van der Waals surface area contributed by atoms with Crippen molar-refractivity contribution in [3.63, 3.8) is 0 Å². The van der Waals surface area contributed by atoms with Crippen LogP contribution in [0.2, 0.25) is 0 Å². The van der Waals surface area contributed by atoms with Crippen LogP contribution in [0.3, 0.4) is 0 Å². The Balaban J connectivity index is 2.17. The zero-order chi connectivity index (χ0) is 22.3. The summed E-state index contributed by atoms with van der Waals surface area (Å²) in [4.78, 5) is 0. The number of oxime groups is 1. The fourth-order valence-electron chi connectivity index (χ4n) is 3.45. The van der Waals surface area contributed by atoms with Crippen LogP contribution in [0.15, 0.2) is 70.4 Å². The molecule has 0 bridgehead atoms. The summed E-state index contributed by atoms with van der Waals surface area (Å²) in [5.41, 5.74) is 5.38. The fourth-order valence-corrected chi connectivity index (χ4v) is 3.45. The van der Waals surface area contributed by atoms with Crippen LogP contribution in [-0.4, -0.2) is 16.1 Å². The molecule has 4 rings (SSSR count). The van der Waals surface area contributed by atoms with Gasteiger partial charge in [-0.15, -0.1) is 0 Å². The average Bonchev–Trinajstić information content (AvgIpc) is 3.24. The van der Waals surface area contributed by atoms with E-state index in [0.29, 0.717) is 5.56 Å². The Hall–Kier alpha value is -4.01. The van der Waals surface area contributed by atoms with Crippen LogP contribution in [-0.2, 0) is 6.18 Å². The monoisotopic (exact) mass is 430 g/mol. The van der Waals surface area contributed by atoms with Crippen LogP contribution in [0.4, 0.5) is 17.6 Å². The lowest BCUT2D eigenvalue weighted by atomic mass is 9.87. The standard InChI is InChI=1S/C22H14F4N2O3/c23-18-6-5-15(20-14(18)7-8-31-20)19-16(11-1-3-13(29)4-2-11)9-12(22(24,25)26)10-17(19)21(27)28-30/h1-10,29-30H,(H2,27,28). The van der Waals surface area contributed by atoms with Crippen LogP contribution < -0.4 is 5.73 Å². The summed E-state index contributed by atoms with van der Waals surface area (Å²) in [6.45, 7) is 0. The minimum Gasteiger partial charge on any atom is -0.508 e. The first-order valence-electron chi connectivity index (χ1n) is 8.89. The van der Waals surface area contributed by atoms with Gasteiger partial charge < -0.3 is 20.5 Å². The van der Waals surface area contributed by atoms with Gasteiger partial charge in [-0.1, -0.05) is 17.3 Å². The molecule has 0 aliphatic rings. The van der Waals surface area contributed by atoms with E-state index in [1.54, 1.807) is 0 Å². The van der Waals surface area contributed by atoms with Gasteiger partial charge in [0.1, 0.15) is 17.1 Å². The van der Waals surface area contributed by atoms with Crippen molar-refractivity contribution in [1.29, 1.82) is 0 Å².